The first-order valence-electron chi connectivity index (χ1n) is 8.01. The molecule has 2 atom stereocenters. The molecule has 23 heavy (non-hydrogen) atoms. The minimum absolute atomic E-state index is 0.0312. The Morgan fingerprint density at radius 2 is 1.91 bits per heavy atom. The molecular formula is C17H26N2O3S. The molecule has 0 spiro atoms. The molecule has 1 aliphatic rings. The van der Waals surface area contributed by atoms with E-state index in [9.17, 15) is 13.2 Å². The van der Waals surface area contributed by atoms with Gasteiger partial charge in [0.2, 0.25) is 5.91 Å². The molecular weight excluding hydrogens is 312 g/mol. The van der Waals surface area contributed by atoms with E-state index in [1.165, 1.54) is 6.26 Å². The molecule has 1 aromatic rings. The number of benzene rings is 1. The SMILES string of the molecule is C[C@@H]1CCC[C@@](N)(C(=O)NCc2ccc(CS(C)(=O)=O)cc2)C1. The van der Waals surface area contributed by atoms with Crippen LogP contribution in [-0.4, -0.2) is 26.1 Å². The van der Waals surface area contributed by atoms with Crippen LogP contribution in [0.4, 0.5) is 0 Å². The van der Waals surface area contributed by atoms with Crippen molar-refractivity contribution in [2.24, 2.45) is 11.7 Å². The maximum absolute atomic E-state index is 12.4. The lowest BCUT2D eigenvalue weighted by atomic mass is 9.76. The summed E-state index contributed by atoms with van der Waals surface area (Å²) in [5.74, 6) is 0.419. The van der Waals surface area contributed by atoms with E-state index in [-0.39, 0.29) is 11.7 Å². The summed E-state index contributed by atoms with van der Waals surface area (Å²) in [4.78, 5) is 12.4. The zero-order chi connectivity index (χ0) is 17.1. The first-order chi connectivity index (χ1) is 10.7. The van der Waals surface area contributed by atoms with Crippen molar-refractivity contribution >= 4 is 15.7 Å². The summed E-state index contributed by atoms with van der Waals surface area (Å²) in [6.45, 7) is 2.54. The van der Waals surface area contributed by atoms with Gasteiger partial charge in [-0.15, -0.1) is 0 Å². The molecule has 2 rings (SSSR count). The van der Waals surface area contributed by atoms with Crippen LogP contribution in [0.5, 0.6) is 0 Å². The van der Waals surface area contributed by atoms with Crippen LogP contribution in [-0.2, 0) is 26.9 Å². The molecule has 0 heterocycles. The first kappa shape index (κ1) is 17.9. The van der Waals surface area contributed by atoms with Crippen molar-refractivity contribution in [1.29, 1.82) is 0 Å². The maximum atomic E-state index is 12.4. The average molecular weight is 338 g/mol. The molecule has 1 amide bonds. The minimum Gasteiger partial charge on any atom is -0.350 e. The molecule has 0 bridgehead atoms. The number of sulfone groups is 1. The van der Waals surface area contributed by atoms with Crippen LogP contribution in [0.3, 0.4) is 0 Å². The number of rotatable bonds is 5. The molecule has 1 fully saturated rings. The summed E-state index contributed by atoms with van der Waals surface area (Å²) in [5.41, 5.74) is 7.20. The van der Waals surface area contributed by atoms with Gasteiger partial charge in [0.05, 0.1) is 11.3 Å². The number of nitrogens with two attached hydrogens (primary N) is 1. The third-order valence-electron chi connectivity index (χ3n) is 4.39. The topological polar surface area (TPSA) is 89.3 Å². The van der Waals surface area contributed by atoms with E-state index in [1.54, 1.807) is 12.1 Å². The number of hydrogen-bond acceptors (Lipinski definition) is 4. The monoisotopic (exact) mass is 338 g/mol. The largest absolute Gasteiger partial charge is 0.350 e. The summed E-state index contributed by atoms with van der Waals surface area (Å²) in [6.07, 6.45) is 4.80. The predicted molar refractivity (Wildman–Crippen MR) is 91.4 cm³/mol. The van der Waals surface area contributed by atoms with E-state index in [4.69, 9.17) is 5.73 Å². The molecule has 0 saturated heterocycles. The highest BCUT2D eigenvalue weighted by atomic mass is 32.2. The quantitative estimate of drug-likeness (QED) is 0.856. The van der Waals surface area contributed by atoms with Crippen molar-refractivity contribution < 1.29 is 13.2 Å². The van der Waals surface area contributed by atoms with Gasteiger partial charge >= 0.3 is 0 Å². The minimum atomic E-state index is -3.03. The highest BCUT2D eigenvalue weighted by Gasteiger charge is 2.37. The van der Waals surface area contributed by atoms with Crippen LogP contribution in [0.25, 0.3) is 0 Å². The summed E-state index contributed by atoms with van der Waals surface area (Å²) in [7, 11) is -3.03. The van der Waals surface area contributed by atoms with Gasteiger partial charge in [-0.3, -0.25) is 4.79 Å². The first-order valence-corrected chi connectivity index (χ1v) is 10.1. The van der Waals surface area contributed by atoms with Crippen molar-refractivity contribution in [3.63, 3.8) is 0 Å². The summed E-state index contributed by atoms with van der Waals surface area (Å²) >= 11 is 0. The van der Waals surface area contributed by atoms with Crippen LogP contribution in [0.2, 0.25) is 0 Å². The second-order valence-electron chi connectivity index (χ2n) is 6.93. The third kappa shape index (κ3) is 5.32. The number of carbonyl (C=O) groups excluding carboxylic acids is 1. The van der Waals surface area contributed by atoms with Gasteiger partial charge in [0.15, 0.2) is 9.84 Å². The normalized spacial score (nSPS) is 25.1. The Kier molecular flexibility index (Phi) is 5.47. The number of amides is 1. The Morgan fingerprint density at radius 1 is 1.30 bits per heavy atom. The fourth-order valence-corrected chi connectivity index (χ4v) is 4.01. The molecule has 0 radical (unpaired) electrons. The Labute approximate surface area is 138 Å². The lowest BCUT2D eigenvalue weighted by molar-refractivity contribution is -0.128. The van der Waals surface area contributed by atoms with Gasteiger partial charge in [-0.25, -0.2) is 8.42 Å². The number of hydrogen-bond donors (Lipinski definition) is 2. The van der Waals surface area contributed by atoms with Crippen LogP contribution >= 0.6 is 0 Å². The van der Waals surface area contributed by atoms with E-state index in [2.05, 4.69) is 12.2 Å². The van der Waals surface area contributed by atoms with E-state index in [0.717, 1.165) is 36.8 Å². The second kappa shape index (κ2) is 7.01. The molecule has 0 unspecified atom stereocenters. The Morgan fingerprint density at radius 3 is 2.48 bits per heavy atom. The zero-order valence-electron chi connectivity index (χ0n) is 13.8. The van der Waals surface area contributed by atoms with Crippen LogP contribution in [0.15, 0.2) is 24.3 Å². The Balaban J connectivity index is 1.91. The number of carbonyl (C=O) groups is 1. The highest BCUT2D eigenvalue weighted by molar-refractivity contribution is 7.89. The fraction of sp³-hybridized carbons (Fsp3) is 0.588. The number of nitrogens with one attached hydrogen (secondary N) is 1. The molecule has 0 aromatic heterocycles. The second-order valence-corrected chi connectivity index (χ2v) is 9.07. The molecule has 6 heteroatoms. The van der Waals surface area contributed by atoms with E-state index >= 15 is 0 Å². The van der Waals surface area contributed by atoms with E-state index in [1.807, 2.05) is 12.1 Å². The smallest absolute Gasteiger partial charge is 0.240 e. The van der Waals surface area contributed by atoms with E-state index < -0.39 is 15.4 Å². The van der Waals surface area contributed by atoms with Gasteiger partial charge < -0.3 is 11.1 Å². The standard InChI is InChI=1S/C17H26N2O3S/c1-13-4-3-9-17(18,10-13)16(20)19-11-14-5-7-15(8-6-14)12-23(2,21)22/h5-8,13H,3-4,9-12,18H2,1-2H3,(H,19,20)/t13-,17+/m1/s1. The fourth-order valence-electron chi connectivity index (χ4n) is 3.21. The van der Waals surface area contributed by atoms with Crippen LogP contribution < -0.4 is 11.1 Å². The average Bonchev–Trinajstić information content (AvgIpc) is 2.44. The highest BCUT2D eigenvalue weighted by Crippen LogP contribution is 2.30. The van der Waals surface area contributed by atoms with Crippen molar-refractivity contribution in [3.8, 4) is 0 Å². The van der Waals surface area contributed by atoms with Crippen LogP contribution in [0.1, 0.15) is 43.7 Å². The third-order valence-corrected chi connectivity index (χ3v) is 5.25. The summed E-state index contributed by atoms with van der Waals surface area (Å²) in [5, 5.41) is 2.92. The lowest BCUT2D eigenvalue weighted by Gasteiger charge is -2.35. The van der Waals surface area contributed by atoms with E-state index in [0.29, 0.717) is 12.5 Å². The van der Waals surface area contributed by atoms with Gasteiger partial charge in [-0.2, -0.15) is 0 Å². The van der Waals surface area contributed by atoms with Gasteiger partial charge in [0.25, 0.3) is 0 Å². The lowest BCUT2D eigenvalue weighted by Crippen LogP contribution is -2.56. The summed E-state index contributed by atoms with van der Waals surface area (Å²) in [6, 6.07) is 7.24. The van der Waals surface area contributed by atoms with Crippen molar-refractivity contribution in [2.45, 2.75) is 50.4 Å². The van der Waals surface area contributed by atoms with Gasteiger partial charge in [0, 0.05) is 12.8 Å². The Hall–Kier alpha value is -1.40. The van der Waals surface area contributed by atoms with Gasteiger partial charge in [-0.1, -0.05) is 44.0 Å². The van der Waals surface area contributed by atoms with Crippen LogP contribution in [0, 0.1) is 5.92 Å². The molecule has 1 saturated carbocycles. The Bertz CT molecular complexity index is 655. The van der Waals surface area contributed by atoms with Gasteiger partial charge in [-0.05, 0) is 29.9 Å². The molecule has 128 valence electrons. The van der Waals surface area contributed by atoms with Crippen molar-refractivity contribution in [1.82, 2.24) is 5.32 Å². The van der Waals surface area contributed by atoms with Crippen molar-refractivity contribution in [2.75, 3.05) is 6.26 Å². The van der Waals surface area contributed by atoms with Gasteiger partial charge in [0.1, 0.15) is 0 Å². The molecule has 1 aromatic carbocycles. The maximum Gasteiger partial charge on any atom is 0.240 e. The molecule has 1 aliphatic carbocycles. The molecule has 0 aliphatic heterocycles. The zero-order valence-corrected chi connectivity index (χ0v) is 14.7. The molecule has 5 nitrogen and oxygen atoms in total. The molecule has 3 N–H and O–H groups in total. The van der Waals surface area contributed by atoms with Crippen molar-refractivity contribution in [3.05, 3.63) is 35.4 Å². The summed E-state index contributed by atoms with van der Waals surface area (Å²) < 4.78 is 22.5. The predicted octanol–water partition coefficient (Wildman–Crippen LogP) is 1.75.